The van der Waals surface area contributed by atoms with Crippen LogP contribution in [-0.4, -0.2) is 108 Å². The van der Waals surface area contributed by atoms with Crippen molar-refractivity contribution in [3.05, 3.63) is 70.8 Å². The Bertz CT molecular complexity index is 1100. The third-order valence-corrected chi connectivity index (χ3v) is 8.65. The zero-order valence-electron chi connectivity index (χ0n) is 25.5. The zero-order valence-corrected chi connectivity index (χ0v) is 28.7. The van der Waals surface area contributed by atoms with Gasteiger partial charge in [-0.2, -0.15) is 0 Å². The van der Waals surface area contributed by atoms with Crippen molar-refractivity contribution in [1.82, 2.24) is 9.80 Å². The lowest BCUT2D eigenvalue weighted by atomic mass is 10.1. The Balaban J connectivity index is 0.00000308. The topological polar surface area (TPSA) is 81.1 Å². The first-order valence-corrected chi connectivity index (χ1v) is 14.8. The Hall–Kier alpha value is -1.82. The third kappa shape index (κ3) is 8.86. The first kappa shape index (κ1) is 36.4. The molecule has 0 saturated heterocycles. The highest BCUT2D eigenvalue weighted by Gasteiger charge is 2.36. The molecule has 234 valence electrons. The molecule has 10 heteroatoms. The van der Waals surface area contributed by atoms with E-state index in [1.54, 1.807) is 21.9 Å². The Kier molecular flexibility index (Phi) is 13.7. The van der Waals surface area contributed by atoms with Crippen LogP contribution >= 0.6 is 0 Å². The van der Waals surface area contributed by atoms with Crippen molar-refractivity contribution in [2.75, 3.05) is 67.5 Å². The molecule has 0 bridgehead atoms. The minimum Gasteiger partial charge on any atom is -1.00 e. The monoisotopic (exact) mass is 710 g/mol. The summed E-state index contributed by atoms with van der Waals surface area (Å²) in [6, 6.07) is 14.7. The van der Waals surface area contributed by atoms with Gasteiger partial charge in [0.1, 0.15) is 0 Å². The second kappa shape index (κ2) is 15.8. The lowest BCUT2D eigenvalue weighted by Crippen LogP contribution is -3.00. The van der Waals surface area contributed by atoms with Gasteiger partial charge in [-0.15, -0.1) is 0 Å². The summed E-state index contributed by atoms with van der Waals surface area (Å²) in [6.07, 6.45) is 4.82. The van der Waals surface area contributed by atoms with Crippen LogP contribution in [-0.2, 0) is 0 Å². The largest absolute Gasteiger partial charge is 1.00 e. The van der Waals surface area contributed by atoms with Gasteiger partial charge in [-0.25, -0.2) is 0 Å². The smallest absolute Gasteiger partial charge is 0.256 e. The van der Waals surface area contributed by atoms with Crippen molar-refractivity contribution in [2.24, 2.45) is 0 Å². The molecule has 0 spiro atoms. The molecule has 2 aliphatic heterocycles. The van der Waals surface area contributed by atoms with Gasteiger partial charge in [0.05, 0.1) is 54.4 Å². The van der Waals surface area contributed by atoms with E-state index in [9.17, 15) is 19.8 Å². The van der Waals surface area contributed by atoms with Gasteiger partial charge in [0.15, 0.2) is 12.5 Å². The van der Waals surface area contributed by atoms with E-state index in [0.29, 0.717) is 24.2 Å². The molecule has 42 heavy (non-hydrogen) atoms. The zero-order chi connectivity index (χ0) is 28.9. The molecule has 2 atom stereocenters. The molecule has 2 N–H and O–H groups in total. The van der Waals surface area contributed by atoms with Gasteiger partial charge >= 0.3 is 0 Å². The first-order chi connectivity index (χ1) is 19.0. The quantitative estimate of drug-likeness (QED) is 0.162. The highest BCUT2D eigenvalue weighted by atomic mass is 79.9. The predicted molar refractivity (Wildman–Crippen MR) is 156 cm³/mol. The van der Waals surface area contributed by atoms with Crippen LogP contribution in [0.4, 0.5) is 0 Å². The number of nitrogens with zero attached hydrogens (tertiary/aromatic N) is 4. The molecule has 2 aromatic carbocycles. The molecule has 0 aliphatic carbocycles. The van der Waals surface area contributed by atoms with Crippen LogP contribution in [0.2, 0.25) is 0 Å². The van der Waals surface area contributed by atoms with Gasteiger partial charge in [0.2, 0.25) is 0 Å². The van der Waals surface area contributed by atoms with E-state index in [4.69, 9.17) is 0 Å². The van der Waals surface area contributed by atoms with Gasteiger partial charge in [0, 0.05) is 48.2 Å². The number of rotatable bonds is 15. The Morgan fingerprint density at radius 2 is 0.905 bits per heavy atom. The van der Waals surface area contributed by atoms with Crippen LogP contribution in [0, 0.1) is 0 Å². The first-order valence-electron chi connectivity index (χ1n) is 14.8. The molecule has 2 unspecified atom stereocenters. The number of unbranched alkanes of at least 4 members (excludes halogenated alkanes) is 3. The number of hydrogen-bond acceptors (Lipinski definition) is 4. The van der Waals surface area contributed by atoms with Crippen LogP contribution in [0.5, 0.6) is 0 Å². The summed E-state index contributed by atoms with van der Waals surface area (Å²) in [6.45, 7) is 5.28. The minimum atomic E-state index is -0.826. The number of fused-ring (bicyclic) bond motifs is 2. The molecule has 2 amide bonds. The summed E-state index contributed by atoms with van der Waals surface area (Å²) in [5, 5.41) is 21.1. The molecule has 0 radical (unpaired) electrons. The number of carbonyl (C=O) groups is 2. The number of carbonyl (C=O) groups excluding carboxylic acids is 2. The summed E-state index contributed by atoms with van der Waals surface area (Å²) >= 11 is 0. The van der Waals surface area contributed by atoms with Gasteiger partial charge in [-0.3, -0.25) is 9.59 Å². The summed E-state index contributed by atoms with van der Waals surface area (Å²) in [5.41, 5.74) is 2.68. The predicted octanol–water partition coefficient (Wildman–Crippen LogP) is -2.22. The van der Waals surface area contributed by atoms with Crippen LogP contribution in [0.15, 0.2) is 48.5 Å². The maximum atomic E-state index is 12.6. The van der Waals surface area contributed by atoms with Crippen molar-refractivity contribution in [3.8, 4) is 0 Å². The van der Waals surface area contributed by atoms with Crippen molar-refractivity contribution in [2.45, 2.75) is 51.0 Å². The summed E-state index contributed by atoms with van der Waals surface area (Å²) in [7, 11) is 8.99. The van der Waals surface area contributed by atoms with Gasteiger partial charge in [0.25, 0.3) is 11.8 Å². The maximum absolute atomic E-state index is 12.6. The molecular weight excluding hydrogens is 664 g/mol. The number of hydrogen-bond donors (Lipinski definition) is 2. The van der Waals surface area contributed by atoms with E-state index in [1.807, 2.05) is 36.4 Å². The Morgan fingerprint density at radius 3 is 1.26 bits per heavy atom. The maximum Gasteiger partial charge on any atom is 0.256 e. The number of quaternary nitrogens is 2. The number of aliphatic hydroxyl groups is 2. The standard InChI is InChI=1S/C32H48N4O4.2BrH/c1-35(2,23-13-19-33-29(37)25-15-7-8-16-26(25)30(33)38)21-11-5-6-12-22-36(3,4)24-14-20-34-31(39)27-17-9-10-18-28(27)32(34)40;;/h7-10,15-18,29,31,37,39H,5-6,11-14,19-24H2,1-4H3;2*1H/q+2;;/p-2. The molecule has 0 aromatic heterocycles. The summed E-state index contributed by atoms with van der Waals surface area (Å²) < 4.78 is 1.83. The van der Waals surface area contributed by atoms with Crippen molar-refractivity contribution in [1.29, 1.82) is 0 Å². The fourth-order valence-corrected chi connectivity index (χ4v) is 6.14. The van der Waals surface area contributed by atoms with Gasteiger partial charge in [-0.1, -0.05) is 36.4 Å². The Morgan fingerprint density at radius 1 is 0.571 bits per heavy atom. The fraction of sp³-hybridized carbons (Fsp3) is 0.562. The molecule has 0 fully saturated rings. The SMILES string of the molecule is C[N+](C)(CCCCCC[N+](C)(C)CCCN1C(=O)c2ccccc2C1O)CCCN1C(=O)c2ccccc2C1O.[Br-].[Br-]. The highest BCUT2D eigenvalue weighted by molar-refractivity contribution is 5.99. The molecule has 4 rings (SSSR count). The lowest BCUT2D eigenvalue weighted by molar-refractivity contribution is -0.891. The van der Waals surface area contributed by atoms with Crippen molar-refractivity contribution < 1.29 is 62.7 Å². The number of amides is 2. The van der Waals surface area contributed by atoms with E-state index in [2.05, 4.69) is 28.2 Å². The fourth-order valence-electron chi connectivity index (χ4n) is 6.14. The number of benzene rings is 2. The van der Waals surface area contributed by atoms with Crippen LogP contribution in [0.1, 0.15) is 82.8 Å². The average Bonchev–Trinajstić information content (AvgIpc) is 3.31. The third-order valence-electron chi connectivity index (χ3n) is 8.65. The second-order valence-electron chi connectivity index (χ2n) is 12.8. The minimum absolute atomic E-state index is 0. The van der Waals surface area contributed by atoms with Crippen LogP contribution in [0.25, 0.3) is 0 Å². The number of halogens is 2. The molecule has 2 aliphatic rings. The molecule has 2 heterocycles. The van der Waals surface area contributed by atoms with E-state index in [-0.39, 0.29) is 45.8 Å². The normalized spacial score (nSPS) is 18.0. The molecule has 8 nitrogen and oxygen atoms in total. The van der Waals surface area contributed by atoms with Crippen LogP contribution in [0.3, 0.4) is 0 Å². The average molecular weight is 713 g/mol. The van der Waals surface area contributed by atoms with E-state index in [1.165, 1.54) is 25.7 Å². The molecule has 2 aromatic rings. The van der Waals surface area contributed by atoms with Gasteiger partial charge < -0.3 is 62.9 Å². The van der Waals surface area contributed by atoms with Crippen molar-refractivity contribution >= 4 is 11.8 Å². The van der Waals surface area contributed by atoms with E-state index < -0.39 is 12.5 Å². The lowest BCUT2D eigenvalue weighted by Gasteiger charge is -2.32. The molecule has 0 saturated carbocycles. The highest BCUT2D eigenvalue weighted by Crippen LogP contribution is 2.32. The second-order valence-corrected chi connectivity index (χ2v) is 12.8. The summed E-state index contributed by atoms with van der Waals surface area (Å²) in [5.74, 6) is -0.134. The molecular formula is C32H48Br2N4O4. The van der Waals surface area contributed by atoms with E-state index in [0.717, 1.165) is 59.1 Å². The van der Waals surface area contributed by atoms with Gasteiger partial charge in [-0.05, 0) is 37.8 Å². The van der Waals surface area contributed by atoms with Crippen molar-refractivity contribution in [3.63, 3.8) is 0 Å². The summed E-state index contributed by atoms with van der Waals surface area (Å²) in [4.78, 5) is 28.4. The van der Waals surface area contributed by atoms with E-state index >= 15 is 0 Å². The Labute approximate surface area is 272 Å². The van der Waals surface area contributed by atoms with Crippen LogP contribution < -0.4 is 34.0 Å². The number of aliphatic hydroxyl groups excluding tert-OH is 2.